The molecule has 1 aromatic carbocycles. The number of benzene rings is 1. The Morgan fingerprint density at radius 3 is 1.90 bits per heavy atom. The second-order valence-electron chi connectivity index (χ2n) is 5.38. The van der Waals surface area contributed by atoms with E-state index in [0.717, 1.165) is 0 Å². The van der Waals surface area contributed by atoms with E-state index < -0.39 is 0 Å². The summed E-state index contributed by atoms with van der Waals surface area (Å²) in [6.07, 6.45) is 9.59. The Kier molecular flexibility index (Phi) is 12.6. The van der Waals surface area contributed by atoms with E-state index in [1.807, 2.05) is 0 Å². The average Bonchev–Trinajstić information content (AvgIpc) is 2.47. The van der Waals surface area contributed by atoms with Gasteiger partial charge in [-0.25, -0.2) is 0 Å². The van der Waals surface area contributed by atoms with Gasteiger partial charge in [-0.2, -0.15) is 0 Å². The van der Waals surface area contributed by atoms with Crippen molar-refractivity contribution in [1.82, 2.24) is 4.90 Å². The van der Waals surface area contributed by atoms with Gasteiger partial charge in [0, 0.05) is 0 Å². The fraction of sp³-hybridized carbons (Fsp3) is 0.667. The zero-order chi connectivity index (χ0) is 13.8. The monoisotopic (exact) mass is 279 g/mol. The van der Waals surface area contributed by atoms with Crippen molar-refractivity contribution < 1.29 is 5.48 Å². The van der Waals surface area contributed by atoms with Crippen LogP contribution in [0.2, 0.25) is 0 Å². The highest BCUT2D eigenvalue weighted by Gasteiger charge is 1.98. The van der Waals surface area contributed by atoms with Gasteiger partial charge in [-0.3, -0.25) is 0 Å². The lowest BCUT2D eigenvalue weighted by atomic mass is 10.0. The first-order valence-corrected chi connectivity index (χ1v) is 8.13. The molecule has 0 heterocycles. The topological polar surface area (TPSA) is 34.7 Å². The molecule has 0 aliphatic heterocycles. The van der Waals surface area contributed by atoms with Gasteiger partial charge in [0.05, 0.1) is 0 Å². The van der Waals surface area contributed by atoms with Crippen LogP contribution < -0.4 is 0 Å². The van der Waals surface area contributed by atoms with Gasteiger partial charge in [-0.15, -0.1) is 0 Å². The number of nitrogens with zero attached hydrogens (tertiary/aromatic N) is 1. The summed E-state index contributed by atoms with van der Waals surface area (Å²) in [5.74, 6) is 0. The van der Waals surface area contributed by atoms with Gasteiger partial charge in [0.1, 0.15) is 0 Å². The van der Waals surface area contributed by atoms with Crippen LogP contribution in [0.5, 0.6) is 0 Å². The maximum atomic E-state index is 2.52. The third-order valence-corrected chi connectivity index (χ3v) is 3.93. The quantitative estimate of drug-likeness (QED) is 0.562. The Morgan fingerprint density at radius 1 is 0.750 bits per heavy atom. The van der Waals surface area contributed by atoms with Gasteiger partial charge < -0.3 is 10.4 Å². The van der Waals surface area contributed by atoms with Gasteiger partial charge in [0.25, 0.3) is 0 Å². The Labute approximate surface area is 125 Å². The van der Waals surface area contributed by atoms with E-state index in [1.54, 1.807) is 0 Å². The molecule has 0 fully saturated rings. The summed E-state index contributed by atoms with van der Waals surface area (Å²) in [5.41, 5.74) is 1.49. The van der Waals surface area contributed by atoms with Gasteiger partial charge in [-0.1, -0.05) is 69.9 Å². The lowest BCUT2D eigenvalue weighted by Crippen LogP contribution is -2.23. The fourth-order valence-electron chi connectivity index (χ4n) is 2.56. The molecule has 20 heavy (non-hydrogen) atoms. The third kappa shape index (κ3) is 9.11. The van der Waals surface area contributed by atoms with E-state index in [1.165, 1.54) is 70.1 Å². The average molecular weight is 279 g/mol. The van der Waals surface area contributed by atoms with Crippen molar-refractivity contribution in [2.45, 2.75) is 58.8 Å². The molecule has 0 bridgehead atoms. The highest BCUT2D eigenvalue weighted by atomic mass is 16.0. The molecule has 0 aromatic heterocycles. The largest absolute Gasteiger partial charge is 0.412 e. The van der Waals surface area contributed by atoms with Gasteiger partial charge in [-0.05, 0) is 44.5 Å². The molecule has 0 amide bonds. The van der Waals surface area contributed by atoms with Gasteiger partial charge in [0.15, 0.2) is 0 Å². The lowest BCUT2D eigenvalue weighted by molar-refractivity contribution is 0.295. The molecule has 2 heteroatoms. The third-order valence-electron chi connectivity index (χ3n) is 3.93. The van der Waals surface area contributed by atoms with Crippen LogP contribution in [-0.4, -0.2) is 30.0 Å². The van der Waals surface area contributed by atoms with Crippen molar-refractivity contribution >= 4 is 0 Å². The molecule has 0 saturated heterocycles. The summed E-state index contributed by atoms with van der Waals surface area (Å²) < 4.78 is 0. The van der Waals surface area contributed by atoms with E-state index in [9.17, 15) is 0 Å². The Bertz CT molecular complexity index is 296. The lowest BCUT2D eigenvalue weighted by Gasteiger charge is -2.17. The maximum Gasteiger partial charge on any atom is -0.00190 e. The van der Waals surface area contributed by atoms with Crippen LogP contribution in [0.3, 0.4) is 0 Å². The molecule has 1 rings (SSSR count). The number of rotatable bonds is 11. The number of hydrogen-bond acceptors (Lipinski definition) is 1. The van der Waals surface area contributed by atoms with Crippen LogP contribution >= 0.6 is 0 Å². The van der Waals surface area contributed by atoms with Crippen molar-refractivity contribution in [3.63, 3.8) is 0 Å². The first-order valence-electron chi connectivity index (χ1n) is 8.13. The predicted molar refractivity (Wildman–Crippen MR) is 89.2 cm³/mol. The van der Waals surface area contributed by atoms with Crippen molar-refractivity contribution in [2.24, 2.45) is 0 Å². The normalized spacial score (nSPS) is 10.6. The molecule has 2 nitrogen and oxygen atoms in total. The molecular weight excluding hydrogens is 246 g/mol. The summed E-state index contributed by atoms with van der Waals surface area (Å²) in [6.45, 7) is 8.21. The van der Waals surface area contributed by atoms with Gasteiger partial charge >= 0.3 is 0 Å². The SMILES string of the molecule is CCN(CC)CCCCCCCCc1ccccc1.O. The van der Waals surface area contributed by atoms with Crippen molar-refractivity contribution in [3.05, 3.63) is 35.9 Å². The van der Waals surface area contributed by atoms with E-state index in [2.05, 4.69) is 49.1 Å². The summed E-state index contributed by atoms with van der Waals surface area (Å²) in [6, 6.07) is 10.9. The molecule has 0 atom stereocenters. The molecule has 116 valence electrons. The second kappa shape index (κ2) is 13.1. The first kappa shape index (κ1) is 19.1. The van der Waals surface area contributed by atoms with Crippen molar-refractivity contribution in [3.8, 4) is 0 Å². The summed E-state index contributed by atoms with van der Waals surface area (Å²) in [7, 11) is 0. The maximum absolute atomic E-state index is 2.52. The molecule has 2 N–H and O–H groups in total. The van der Waals surface area contributed by atoms with Crippen molar-refractivity contribution in [1.29, 1.82) is 0 Å². The minimum absolute atomic E-state index is 0. The van der Waals surface area contributed by atoms with Crippen LogP contribution in [-0.2, 0) is 6.42 Å². The zero-order valence-electron chi connectivity index (χ0n) is 13.4. The van der Waals surface area contributed by atoms with E-state index in [0.29, 0.717) is 0 Å². The second-order valence-corrected chi connectivity index (χ2v) is 5.38. The number of aryl methyl sites for hydroxylation is 1. The summed E-state index contributed by atoms with van der Waals surface area (Å²) in [5, 5.41) is 0. The molecular formula is C18H33NO. The highest BCUT2D eigenvalue weighted by molar-refractivity contribution is 5.14. The summed E-state index contributed by atoms with van der Waals surface area (Å²) in [4.78, 5) is 2.52. The fourth-order valence-corrected chi connectivity index (χ4v) is 2.56. The first-order chi connectivity index (χ1) is 9.36. The molecule has 0 radical (unpaired) electrons. The molecule has 1 aromatic rings. The van der Waals surface area contributed by atoms with Crippen LogP contribution in [0.1, 0.15) is 57.9 Å². The zero-order valence-corrected chi connectivity index (χ0v) is 13.4. The molecule has 0 saturated carbocycles. The minimum Gasteiger partial charge on any atom is -0.412 e. The Hall–Kier alpha value is -0.860. The standard InChI is InChI=1S/C18H31N.H2O/c1-3-19(4-2)17-13-8-6-5-7-10-14-18-15-11-9-12-16-18;/h9,11-12,15-16H,3-8,10,13-14,17H2,1-2H3;1H2. The van der Waals surface area contributed by atoms with E-state index in [-0.39, 0.29) is 5.48 Å². The molecule has 0 aliphatic carbocycles. The summed E-state index contributed by atoms with van der Waals surface area (Å²) >= 11 is 0. The van der Waals surface area contributed by atoms with Crippen LogP contribution in [0, 0.1) is 0 Å². The van der Waals surface area contributed by atoms with E-state index >= 15 is 0 Å². The highest BCUT2D eigenvalue weighted by Crippen LogP contribution is 2.10. The smallest absolute Gasteiger partial charge is 0.00190 e. The Morgan fingerprint density at radius 2 is 1.30 bits per heavy atom. The number of unbranched alkanes of at least 4 members (excludes halogenated alkanes) is 5. The van der Waals surface area contributed by atoms with Crippen molar-refractivity contribution in [2.75, 3.05) is 19.6 Å². The van der Waals surface area contributed by atoms with Gasteiger partial charge in [0.2, 0.25) is 0 Å². The van der Waals surface area contributed by atoms with Crippen LogP contribution in [0.25, 0.3) is 0 Å². The van der Waals surface area contributed by atoms with Crippen LogP contribution in [0.4, 0.5) is 0 Å². The molecule has 0 aliphatic rings. The Balaban J connectivity index is 0.00000361. The predicted octanol–water partition coefficient (Wildman–Crippen LogP) is 4.09. The molecule has 0 spiro atoms. The number of hydrogen-bond donors (Lipinski definition) is 0. The van der Waals surface area contributed by atoms with Crippen LogP contribution in [0.15, 0.2) is 30.3 Å². The molecule has 0 unspecified atom stereocenters. The van der Waals surface area contributed by atoms with E-state index in [4.69, 9.17) is 0 Å². The minimum atomic E-state index is 0.